The quantitative estimate of drug-likeness (QED) is 0.876. The number of rotatable bonds is 5. The van der Waals surface area contributed by atoms with E-state index in [0.29, 0.717) is 16.9 Å². The Kier molecular flexibility index (Phi) is 5.27. The lowest BCUT2D eigenvalue weighted by molar-refractivity contribution is 0.349. The molecule has 0 bridgehead atoms. The molecule has 2 N–H and O–H groups in total. The summed E-state index contributed by atoms with van der Waals surface area (Å²) in [6, 6.07) is 7.44. The third-order valence-corrected chi connectivity index (χ3v) is 5.69. The molecule has 1 saturated carbocycles. The van der Waals surface area contributed by atoms with Crippen molar-refractivity contribution in [1.29, 1.82) is 0 Å². The Morgan fingerprint density at radius 1 is 1.10 bits per heavy atom. The summed E-state index contributed by atoms with van der Waals surface area (Å²) in [5.74, 6) is 0.671. The van der Waals surface area contributed by atoms with Gasteiger partial charge in [0.05, 0.1) is 4.90 Å². The van der Waals surface area contributed by atoms with Gasteiger partial charge in [-0.05, 0) is 56.9 Å². The van der Waals surface area contributed by atoms with Crippen LogP contribution in [0.2, 0.25) is 0 Å². The normalized spacial score (nSPS) is 23.2. The SMILES string of the molecule is CC(C)NS(=O)(=O)c1ccc(NC2CCCCC2C)cc1. The molecule has 0 amide bonds. The van der Waals surface area contributed by atoms with Crippen LogP contribution in [0.4, 0.5) is 5.69 Å². The summed E-state index contributed by atoms with van der Waals surface area (Å²) >= 11 is 0. The second-order valence-corrected chi connectivity index (χ2v) is 8.03. The summed E-state index contributed by atoms with van der Waals surface area (Å²) in [6.45, 7) is 5.91. The van der Waals surface area contributed by atoms with Gasteiger partial charge < -0.3 is 5.32 Å². The van der Waals surface area contributed by atoms with Crippen LogP contribution in [0, 0.1) is 5.92 Å². The zero-order valence-corrected chi connectivity index (χ0v) is 13.9. The zero-order valence-electron chi connectivity index (χ0n) is 13.1. The van der Waals surface area contributed by atoms with E-state index in [-0.39, 0.29) is 6.04 Å². The molecule has 4 nitrogen and oxygen atoms in total. The average molecular weight is 310 g/mol. The lowest BCUT2D eigenvalue weighted by atomic mass is 9.86. The molecular formula is C16H26N2O2S. The van der Waals surface area contributed by atoms with Crippen molar-refractivity contribution < 1.29 is 8.42 Å². The maximum atomic E-state index is 12.1. The Balaban J connectivity index is 2.05. The van der Waals surface area contributed by atoms with Gasteiger partial charge in [-0.15, -0.1) is 0 Å². The van der Waals surface area contributed by atoms with E-state index in [1.54, 1.807) is 12.1 Å². The highest BCUT2D eigenvalue weighted by molar-refractivity contribution is 7.89. The molecule has 21 heavy (non-hydrogen) atoms. The second kappa shape index (κ2) is 6.79. The number of hydrogen-bond donors (Lipinski definition) is 2. The van der Waals surface area contributed by atoms with Crippen molar-refractivity contribution in [3.05, 3.63) is 24.3 Å². The maximum absolute atomic E-state index is 12.1. The first-order chi connectivity index (χ1) is 9.88. The number of sulfonamides is 1. The van der Waals surface area contributed by atoms with Gasteiger partial charge in [-0.2, -0.15) is 0 Å². The number of hydrogen-bond acceptors (Lipinski definition) is 3. The lowest BCUT2D eigenvalue weighted by Gasteiger charge is -2.30. The highest BCUT2D eigenvalue weighted by Gasteiger charge is 2.21. The molecular weight excluding hydrogens is 284 g/mol. The molecule has 1 aromatic carbocycles. The van der Waals surface area contributed by atoms with Gasteiger partial charge in [0, 0.05) is 17.8 Å². The lowest BCUT2D eigenvalue weighted by Crippen LogP contribution is -2.31. The van der Waals surface area contributed by atoms with Crippen LogP contribution in [0.5, 0.6) is 0 Å². The van der Waals surface area contributed by atoms with Crippen LogP contribution < -0.4 is 10.0 Å². The minimum Gasteiger partial charge on any atom is -0.382 e. The Morgan fingerprint density at radius 2 is 1.71 bits per heavy atom. The standard InChI is InChI=1S/C16H26N2O2S/c1-12(2)18-21(19,20)15-10-8-14(9-11-15)17-16-7-5-4-6-13(16)3/h8-13,16-18H,4-7H2,1-3H3. The number of benzene rings is 1. The van der Waals surface area contributed by atoms with E-state index in [4.69, 9.17) is 0 Å². The van der Waals surface area contributed by atoms with Gasteiger partial charge in [-0.1, -0.05) is 19.8 Å². The summed E-state index contributed by atoms with van der Waals surface area (Å²) in [6.07, 6.45) is 5.04. The maximum Gasteiger partial charge on any atom is 0.240 e. The fraction of sp³-hybridized carbons (Fsp3) is 0.625. The molecule has 2 rings (SSSR count). The molecule has 1 aliphatic rings. The smallest absolute Gasteiger partial charge is 0.240 e. The van der Waals surface area contributed by atoms with Crippen molar-refractivity contribution in [2.24, 2.45) is 5.92 Å². The van der Waals surface area contributed by atoms with Crippen molar-refractivity contribution >= 4 is 15.7 Å². The van der Waals surface area contributed by atoms with Crippen LogP contribution in [0.25, 0.3) is 0 Å². The molecule has 1 fully saturated rings. The molecule has 1 aliphatic carbocycles. The summed E-state index contributed by atoms with van der Waals surface area (Å²) in [7, 11) is -3.40. The molecule has 0 heterocycles. The van der Waals surface area contributed by atoms with Crippen LogP contribution in [-0.4, -0.2) is 20.5 Å². The topological polar surface area (TPSA) is 58.2 Å². The fourth-order valence-electron chi connectivity index (χ4n) is 2.85. The molecule has 0 saturated heterocycles. The Hall–Kier alpha value is -1.07. The van der Waals surface area contributed by atoms with E-state index in [0.717, 1.165) is 5.69 Å². The highest BCUT2D eigenvalue weighted by atomic mass is 32.2. The van der Waals surface area contributed by atoms with E-state index in [1.165, 1.54) is 25.7 Å². The van der Waals surface area contributed by atoms with Crippen molar-refractivity contribution in [2.75, 3.05) is 5.32 Å². The molecule has 0 spiro atoms. The van der Waals surface area contributed by atoms with E-state index in [2.05, 4.69) is 17.0 Å². The van der Waals surface area contributed by atoms with Gasteiger partial charge in [-0.3, -0.25) is 0 Å². The van der Waals surface area contributed by atoms with E-state index >= 15 is 0 Å². The zero-order chi connectivity index (χ0) is 15.5. The predicted octanol–water partition coefficient (Wildman–Crippen LogP) is 3.36. The number of nitrogens with one attached hydrogen (secondary N) is 2. The van der Waals surface area contributed by atoms with Crippen molar-refractivity contribution in [3.8, 4) is 0 Å². The number of anilines is 1. The molecule has 2 atom stereocenters. The first-order valence-electron chi connectivity index (χ1n) is 7.77. The molecule has 118 valence electrons. The van der Waals surface area contributed by atoms with Gasteiger partial charge in [0.15, 0.2) is 0 Å². The van der Waals surface area contributed by atoms with Gasteiger partial charge >= 0.3 is 0 Å². The molecule has 2 unspecified atom stereocenters. The fourth-order valence-corrected chi connectivity index (χ4v) is 4.10. The minimum absolute atomic E-state index is 0.101. The Bertz CT molecular complexity index is 552. The third kappa shape index (κ3) is 4.45. The van der Waals surface area contributed by atoms with Gasteiger partial charge in [0.25, 0.3) is 0 Å². The summed E-state index contributed by atoms with van der Waals surface area (Å²) in [5, 5.41) is 3.53. The largest absolute Gasteiger partial charge is 0.382 e. The molecule has 5 heteroatoms. The van der Waals surface area contributed by atoms with Crippen LogP contribution >= 0.6 is 0 Å². The Morgan fingerprint density at radius 3 is 2.29 bits per heavy atom. The minimum atomic E-state index is -3.40. The van der Waals surface area contributed by atoms with Gasteiger partial charge in [0.1, 0.15) is 0 Å². The predicted molar refractivity (Wildman–Crippen MR) is 86.9 cm³/mol. The van der Waals surface area contributed by atoms with Gasteiger partial charge in [0.2, 0.25) is 10.0 Å². The van der Waals surface area contributed by atoms with Crippen LogP contribution in [0.15, 0.2) is 29.2 Å². The molecule has 0 aromatic heterocycles. The van der Waals surface area contributed by atoms with Crippen LogP contribution in [0.3, 0.4) is 0 Å². The first-order valence-corrected chi connectivity index (χ1v) is 9.26. The first kappa shape index (κ1) is 16.3. The van der Waals surface area contributed by atoms with Crippen LogP contribution in [-0.2, 0) is 10.0 Å². The molecule has 1 aromatic rings. The molecule has 0 aliphatic heterocycles. The van der Waals surface area contributed by atoms with Crippen molar-refractivity contribution in [3.63, 3.8) is 0 Å². The van der Waals surface area contributed by atoms with Crippen LogP contribution in [0.1, 0.15) is 46.5 Å². The van der Waals surface area contributed by atoms with E-state index in [1.807, 2.05) is 26.0 Å². The second-order valence-electron chi connectivity index (χ2n) is 6.31. The molecule has 0 radical (unpaired) electrons. The Labute approximate surface area is 128 Å². The van der Waals surface area contributed by atoms with Crippen molar-refractivity contribution in [1.82, 2.24) is 4.72 Å². The third-order valence-electron chi connectivity index (χ3n) is 4.02. The van der Waals surface area contributed by atoms with E-state index in [9.17, 15) is 8.42 Å². The highest BCUT2D eigenvalue weighted by Crippen LogP contribution is 2.27. The van der Waals surface area contributed by atoms with Gasteiger partial charge in [-0.25, -0.2) is 13.1 Å². The van der Waals surface area contributed by atoms with E-state index < -0.39 is 10.0 Å². The summed E-state index contributed by atoms with van der Waals surface area (Å²) < 4.78 is 26.7. The monoisotopic (exact) mass is 310 g/mol. The average Bonchev–Trinajstić information content (AvgIpc) is 2.40. The summed E-state index contributed by atoms with van der Waals surface area (Å²) in [4.78, 5) is 0.318. The summed E-state index contributed by atoms with van der Waals surface area (Å²) in [5.41, 5.74) is 0.997. The van der Waals surface area contributed by atoms with Crippen molar-refractivity contribution in [2.45, 2.75) is 63.4 Å².